The van der Waals surface area contributed by atoms with E-state index >= 15 is 0 Å². The van der Waals surface area contributed by atoms with Crippen LogP contribution >= 0.6 is 0 Å². The standard InChI is InChI=1S/C22H28N2O/c1-17(2)24(19-12-6-7-13-19)16-22(25)23-21-15-9-8-14-20(21)18-10-4-3-5-11-18/h3-5,8-11,14-15,17,19H,6-7,12-13,16H2,1-2H3,(H,23,25). The predicted molar refractivity (Wildman–Crippen MR) is 105 cm³/mol. The summed E-state index contributed by atoms with van der Waals surface area (Å²) in [5, 5.41) is 3.14. The minimum atomic E-state index is 0.0731. The van der Waals surface area contributed by atoms with Gasteiger partial charge in [0.1, 0.15) is 0 Å². The summed E-state index contributed by atoms with van der Waals surface area (Å²) in [5.74, 6) is 0.0731. The molecule has 0 aromatic heterocycles. The van der Waals surface area contributed by atoms with Gasteiger partial charge in [-0.25, -0.2) is 0 Å². The van der Waals surface area contributed by atoms with Gasteiger partial charge in [0.15, 0.2) is 0 Å². The van der Waals surface area contributed by atoms with Crippen molar-refractivity contribution in [2.45, 2.75) is 51.6 Å². The van der Waals surface area contributed by atoms with Crippen molar-refractivity contribution in [3.63, 3.8) is 0 Å². The van der Waals surface area contributed by atoms with E-state index < -0.39 is 0 Å². The molecule has 2 aromatic rings. The fourth-order valence-electron chi connectivity index (χ4n) is 3.79. The van der Waals surface area contributed by atoms with Gasteiger partial charge in [-0.05, 0) is 38.3 Å². The highest BCUT2D eigenvalue weighted by atomic mass is 16.2. The Bertz CT molecular complexity index is 690. The second-order valence-corrected chi connectivity index (χ2v) is 7.16. The van der Waals surface area contributed by atoms with Crippen LogP contribution in [0.3, 0.4) is 0 Å². The van der Waals surface area contributed by atoms with Gasteiger partial charge in [-0.1, -0.05) is 61.4 Å². The Balaban J connectivity index is 1.73. The normalized spacial score (nSPS) is 15.0. The van der Waals surface area contributed by atoms with Crippen molar-refractivity contribution in [1.82, 2.24) is 4.90 Å². The summed E-state index contributed by atoms with van der Waals surface area (Å²) in [4.78, 5) is 15.1. The van der Waals surface area contributed by atoms with E-state index in [1.54, 1.807) is 0 Å². The van der Waals surface area contributed by atoms with Crippen molar-refractivity contribution in [3.8, 4) is 11.1 Å². The number of hydrogen-bond acceptors (Lipinski definition) is 2. The Hall–Kier alpha value is -2.13. The molecular weight excluding hydrogens is 308 g/mol. The van der Waals surface area contributed by atoms with E-state index in [4.69, 9.17) is 0 Å². The molecule has 1 saturated carbocycles. The zero-order valence-corrected chi connectivity index (χ0v) is 15.2. The lowest BCUT2D eigenvalue weighted by molar-refractivity contribution is -0.118. The van der Waals surface area contributed by atoms with Crippen molar-refractivity contribution in [3.05, 3.63) is 54.6 Å². The van der Waals surface area contributed by atoms with Crippen LogP contribution in [0, 0.1) is 0 Å². The van der Waals surface area contributed by atoms with Crippen LogP contribution in [-0.2, 0) is 4.79 Å². The molecule has 3 nitrogen and oxygen atoms in total. The van der Waals surface area contributed by atoms with E-state index in [2.05, 4.69) is 42.3 Å². The van der Waals surface area contributed by atoms with E-state index in [0.717, 1.165) is 16.8 Å². The average Bonchev–Trinajstić information content (AvgIpc) is 3.15. The number of nitrogens with one attached hydrogen (secondary N) is 1. The number of rotatable bonds is 6. The van der Waals surface area contributed by atoms with Gasteiger partial charge >= 0.3 is 0 Å². The molecule has 0 spiro atoms. The first-order valence-corrected chi connectivity index (χ1v) is 9.35. The van der Waals surface area contributed by atoms with E-state index in [1.807, 2.05) is 36.4 Å². The number of hydrogen-bond donors (Lipinski definition) is 1. The summed E-state index contributed by atoms with van der Waals surface area (Å²) in [5.41, 5.74) is 3.07. The summed E-state index contributed by atoms with van der Waals surface area (Å²) in [6.07, 6.45) is 5.00. The molecule has 1 fully saturated rings. The quantitative estimate of drug-likeness (QED) is 0.810. The Labute approximate surface area is 151 Å². The first-order chi connectivity index (χ1) is 12.1. The monoisotopic (exact) mass is 336 g/mol. The van der Waals surface area contributed by atoms with E-state index in [1.165, 1.54) is 25.7 Å². The Kier molecular flexibility index (Phi) is 5.87. The molecule has 0 bridgehead atoms. The van der Waals surface area contributed by atoms with E-state index in [9.17, 15) is 4.79 Å². The van der Waals surface area contributed by atoms with Crippen molar-refractivity contribution >= 4 is 11.6 Å². The van der Waals surface area contributed by atoms with Crippen LogP contribution in [0.1, 0.15) is 39.5 Å². The molecule has 0 unspecified atom stereocenters. The number of anilines is 1. The second kappa shape index (κ2) is 8.30. The molecule has 3 heteroatoms. The van der Waals surface area contributed by atoms with Gasteiger partial charge in [0.05, 0.1) is 6.54 Å². The topological polar surface area (TPSA) is 32.3 Å². The van der Waals surface area contributed by atoms with Crippen molar-refractivity contribution in [2.24, 2.45) is 0 Å². The Morgan fingerprint density at radius 3 is 2.36 bits per heavy atom. The van der Waals surface area contributed by atoms with Gasteiger partial charge in [-0.3, -0.25) is 9.69 Å². The first-order valence-electron chi connectivity index (χ1n) is 9.35. The van der Waals surface area contributed by atoms with E-state index in [-0.39, 0.29) is 5.91 Å². The van der Waals surface area contributed by atoms with Gasteiger partial charge in [-0.2, -0.15) is 0 Å². The van der Waals surface area contributed by atoms with Gasteiger partial charge < -0.3 is 5.32 Å². The largest absolute Gasteiger partial charge is 0.324 e. The van der Waals surface area contributed by atoms with Crippen molar-refractivity contribution in [2.75, 3.05) is 11.9 Å². The number of nitrogens with zero attached hydrogens (tertiary/aromatic N) is 1. The van der Waals surface area contributed by atoms with Gasteiger partial charge in [-0.15, -0.1) is 0 Å². The Morgan fingerprint density at radius 1 is 1.04 bits per heavy atom. The molecule has 0 aliphatic heterocycles. The summed E-state index contributed by atoms with van der Waals surface area (Å²) in [6.45, 7) is 4.83. The van der Waals surface area contributed by atoms with Crippen molar-refractivity contribution < 1.29 is 4.79 Å². The lowest BCUT2D eigenvalue weighted by atomic mass is 10.0. The van der Waals surface area contributed by atoms with Gasteiger partial charge in [0.2, 0.25) is 5.91 Å². The molecular formula is C22H28N2O. The molecule has 2 aromatic carbocycles. The lowest BCUT2D eigenvalue weighted by Crippen LogP contribution is -2.43. The maximum absolute atomic E-state index is 12.7. The predicted octanol–water partition coefficient (Wildman–Crippen LogP) is 4.95. The summed E-state index contributed by atoms with van der Waals surface area (Å²) in [6, 6.07) is 19.2. The minimum Gasteiger partial charge on any atom is -0.324 e. The molecule has 0 saturated heterocycles. The third-order valence-corrected chi connectivity index (χ3v) is 5.07. The van der Waals surface area contributed by atoms with Gasteiger partial charge in [0.25, 0.3) is 0 Å². The lowest BCUT2D eigenvalue weighted by Gasteiger charge is -2.32. The summed E-state index contributed by atoms with van der Waals surface area (Å²) >= 11 is 0. The van der Waals surface area contributed by atoms with Crippen LogP contribution in [0.15, 0.2) is 54.6 Å². The number of amides is 1. The highest BCUT2D eigenvalue weighted by Crippen LogP contribution is 2.28. The molecule has 1 amide bonds. The first kappa shape index (κ1) is 17.7. The van der Waals surface area contributed by atoms with Crippen LogP contribution in [0.4, 0.5) is 5.69 Å². The molecule has 1 aliphatic rings. The molecule has 0 atom stereocenters. The number of carbonyl (C=O) groups excluding carboxylic acids is 1. The van der Waals surface area contributed by atoms with Crippen LogP contribution in [0.2, 0.25) is 0 Å². The number of benzene rings is 2. The third kappa shape index (κ3) is 4.49. The minimum absolute atomic E-state index is 0.0731. The number of para-hydroxylation sites is 1. The van der Waals surface area contributed by atoms with Crippen LogP contribution < -0.4 is 5.32 Å². The van der Waals surface area contributed by atoms with Crippen molar-refractivity contribution in [1.29, 1.82) is 0 Å². The zero-order valence-electron chi connectivity index (χ0n) is 15.2. The zero-order chi connectivity index (χ0) is 17.6. The van der Waals surface area contributed by atoms with Gasteiger partial charge in [0, 0.05) is 23.3 Å². The highest BCUT2D eigenvalue weighted by Gasteiger charge is 2.26. The molecule has 1 N–H and O–H groups in total. The van der Waals surface area contributed by atoms with Crippen LogP contribution in [0.25, 0.3) is 11.1 Å². The molecule has 0 radical (unpaired) electrons. The summed E-state index contributed by atoms with van der Waals surface area (Å²) < 4.78 is 0. The fourth-order valence-corrected chi connectivity index (χ4v) is 3.79. The molecule has 25 heavy (non-hydrogen) atoms. The van der Waals surface area contributed by atoms with Crippen LogP contribution in [0.5, 0.6) is 0 Å². The molecule has 0 heterocycles. The SMILES string of the molecule is CC(C)N(CC(=O)Nc1ccccc1-c1ccccc1)C1CCCC1. The molecule has 3 rings (SSSR count). The fraction of sp³-hybridized carbons (Fsp3) is 0.409. The second-order valence-electron chi connectivity index (χ2n) is 7.16. The molecule has 1 aliphatic carbocycles. The maximum Gasteiger partial charge on any atom is 0.238 e. The third-order valence-electron chi connectivity index (χ3n) is 5.07. The summed E-state index contributed by atoms with van der Waals surface area (Å²) in [7, 11) is 0. The van der Waals surface area contributed by atoms with Crippen LogP contribution in [-0.4, -0.2) is 29.4 Å². The smallest absolute Gasteiger partial charge is 0.238 e. The number of carbonyl (C=O) groups is 1. The van der Waals surface area contributed by atoms with E-state index in [0.29, 0.717) is 18.6 Å². The molecule has 132 valence electrons. The average molecular weight is 336 g/mol. The highest BCUT2D eigenvalue weighted by molar-refractivity contribution is 5.96. The maximum atomic E-state index is 12.7. The Morgan fingerprint density at radius 2 is 1.68 bits per heavy atom.